The number of carbonyl (C=O) groups excluding carboxylic acids is 1. The number of aryl methyl sites for hydroxylation is 1. The van der Waals surface area contributed by atoms with Gasteiger partial charge in [0.25, 0.3) is 11.5 Å². The summed E-state index contributed by atoms with van der Waals surface area (Å²) in [6, 6.07) is 15.8. The number of aliphatic hydroxyl groups excluding tert-OH is 1. The fourth-order valence-electron chi connectivity index (χ4n) is 5.45. The number of hydrogen-bond acceptors (Lipinski definition) is 5. The molecular formula is C31H33N5O3. The van der Waals surface area contributed by atoms with Crippen LogP contribution >= 0.6 is 0 Å². The molecule has 4 aromatic rings. The largest absolute Gasteiger partial charge is 0.392 e. The second kappa shape index (κ2) is 9.85. The predicted octanol–water partition coefficient (Wildman–Crippen LogP) is 5.15. The molecule has 3 heterocycles. The average molecular weight is 524 g/mol. The molecule has 200 valence electrons. The molecule has 2 N–H and O–H groups in total. The van der Waals surface area contributed by atoms with Gasteiger partial charge in [0.2, 0.25) is 0 Å². The Kier molecular flexibility index (Phi) is 6.35. The van der Waals surface area contributed by atoms with E-state index in [1.54, 1.807) is 24.2 Å². The maximum atomic E-state index is 13.6. The van der Waals surface area contributed by atoms with Crippen LogP contribution in [0, 0.1) is 0 Å². The van der Waals surface area contributed by atoms with Crippen LogP contribution in [0.1, 0.15) is 65.7 Å². The molecule has 2 aliphatic rings. The molecule has 8 heteroatoms. The number of aromatic nitrogens is 3. The van der Waals surface area contributed by atoms with Crippen LogP contribution in [-0.4, -0.2) is 31.9 Å². The summed E-state index contributed by atoms with van der Waals surface area (Å²) >= 11 is 0. The van der Waals surface area contributed by atoms with E-state index < -0.39 is 0 Å². The van der Waals surface area contributed by atoms with Crippen LogP contribution in [0.3, 0.4) is 0 Å². The third-order valence-corrected chi connectivity index (χ3v) is 7.75. The summed E-state index contributed by atoms with van der Waals surface area (Å²) in [4.78, 5) is 28.3. The molecule has 39 heavy (non-hydrogen) atoms. The van der Waals surface area contributed by atoms with E-state index in [0.717, 1.165) is 28.7 Å². The standard InChI is InChI=1S/C31H33N5O3/c1-19(2)36-14-12-29(33-36)32-27-16-23(17-34(3)31(27)39)24-5-4-6-28(26(24)18-37)35-13-11-22-15-21(20-7-8-20)9-10-25(22)30(35)38/h4-6,9-10,12,14-17,19-20,37H,7-8,11,13,18H2,1-3H3,(H,32,33). The molecule has 0 saturated heterocycles. The molecule has 1 saturated carbocycles. The summed E-state index contributed by atoms with van der Waals surface area (Å²) in [6.45, 7) is 4.38. The average Bonchev–Trinajstić information content (AvgIpc) is 3.68. The molecule has 0 radical (unpaired) electrons. The zero-order chi connectivity index (χ0) is 27.3. The fraction of sp³-hybridized carbons (Fsp3) is 0.323. The predicted molar refractivity (Wildman–Crippen MR) is 153 cm³/mol. The van der Waals surface area contributed by atoms with Crippen molar-refractivity contribution in [3.8, 4) is 11.1 Å². The van der Waals surface area contributed by atoms with E-state index in [1.807, 2.05) is 55.1 Å². The minimum atomic E-state index is -0.243. The number of nitrogens with one attached hydrogen (secondary N) is 1. The van der Waals surface area contributed by atoms with Crippen LogP contribution < -0.4 is 15.8 Å². The van der Waals surface area contributed by atoms with Crippen molar-refractivity contribution < 1.29 is 9.90 Å². The Morgan fingerprint density at radius 2 is 1.90 bits per heavy atom. The topological polar surface area (TPSA) is 92.4 Å². The van der Waals surface area contributed by atoms with Gasteiger partial charge in [-0.3, -0.25) is 14.3 Å². The molecule has 6 rings (SSSR count). The Morgan fingerprint density at radius 3 is 2.62 bits per heavy atom. The maximum Gasteiger partial charge on any atom is 0.274 e. The van der Waals surface area contributed by atoms with Gasteiger partial charge >= 0.3 is 0 Å². The summed E-state index contributed by atoms with van der Waals surface area (Å²) in [5, 5.41) is 18.2. The molecule has 1 aliphatic heterocycles. The van der Waals surface area contributed by atoms with E-state index in [4.69, 9.17) is 0 Å². The smallest absolute Gasteiger partial charge is 0.274 e. The van der Waals surface area contributed by atoms with Crippen LogP contribution in [0.5, 0.6) is 0 Å². The second-order valence-electron chi connectivity index (χ2n) is 10.8. The van der Waals surface area contributed by atoms with Gasteiger partial charge < -0.3 is 19.9 Å². The Bertz CT molecular complexity index is 1630. The first-order valence-electron chi connectivity index (χ1n) is 13.5. The molecule has 1 aliphatic carbocycles. The van der Waals surface area contributed by atoms with Crippen molar-refractivity contribution in [3.05, 3.63) is 93.5 Å². The van der Waals surface area contributed by atoms with Crippen molar-refractivity contribution in [1.29, 1.82) is 0 Å². The van der Waals surface area contributed by atoms with E-state index in [9.17, 15) is 14.7 Å². The zero-order valence-electron chi connectivity index (χ0n) is 22.5. The SMILES string of the molecule is CC(C)n1ccc(Nc2cc(-c3cccc(N4CCc5cc(C6CC6)ccc5C4=O)c3CO)cn(C)c2=O)n1. The van der Waals surface area contributed by atoms with Crippen LogP contribution in [0.4, 0.5) is 17.2 Å². The molecule has 0 spiro atoms. The Balaban J connectivity index is 1.35. The summed E-state index contributed by atoms with van der Waals surface area (Å²) < 4.78 is 3.34. The number of amides is 1. The molecule has 0 bridgehead atoms. The molecule has 0 unspecified atom stereocenters. The van der Waals surface area contributed by atoms with Gasteiger partial charge in [-0.15, -0.1) is 0 Å². The van der Waals surface area contributed by atoms with E-state index in [0.29, 0.717) is 35.2 Å². The Labute approximate surface area is 227 Å². The van der Waals surface area contributed by atoms with Gasteiger partial charge in [0, 0.05) is 54.8 Å². The first kappa shape index (κ1) is 25.1. The second-order valence-corrected chi connectivity index (χ2v) is 10.8. The lowest BCUT2D eigenvalue weighted by atomic mass is 9.93. The van der Waals surface area contributed by atoms with Gasteiger partial charge in [0.15, 0.2) is 5.82 Å². The van der Waals surface area contributed by atoms with Crippen molar-refractivity contribution in [2.75, 3.05) is 16.8 Å². The molecule has 2 aromatic carbocycles. The number of anilines is 3. The van der Waals surface area contributed by atoms with Gasteiger partial charge in [-0.05, 0) is 73.9 Å². The van der Waals surface area contributed by atoms with E-state index in [1.165, 1.54) is 23.0 Å². The number of benzene rings is 2. The lowest BCUT2D eigenvalue weighted by Gasteiger charge is -2.31. The third-order valence-electron chi connectivity index (χ3n) is 7.75. The first-order valence-corrected chi connectivity index (χ1v) is 13.5. The highest BCUT2D eigenvalue weighted by Gasteiger charge is 2.30. The number of carbonyl (C=O) groups is 1. The third kappa shape index (κ3) is 4.65. The number of hydrogen-bond donors (Lipinski definition) is 2. The fourth-order valence-corrected chi connectivity index (χ4v) is 5.45. The highest BCUT2D eigenvalue weighted by atomic mass is 16.3. The van der Waals surface area contributed by atoms with Crippen molar-refractivity contribution in [2.45, 2.75) is 51.7 Å². The lowest BCUT2D eigenvalue weighted by Crippen LogP contribution is -2.38. The zero-order valence-corrected chi connectivity index (χ0v) is 22.5. The highest BCUT2D eigenvalue weighted by Crippen LogP contribution is 2.41. The normalized spacial score (nSPS) is 15.1. The summed E-state index contributed by atoms with van der Waals surface area (Å²) in [5.41, 5.74) is 6.24. The van der Waals surface area contributed by atoms with Gasteiger partial charge in [-0.1, -0.05) is 24.3 Å². The quantitative estimate of drug-likeness (QED) is 0.350. The summed E-state index contributed by atoms with van der Waals surface area (Å²) in [7, 11) is 1.70. The van der Waals surface area contributed by atoms with Gasteiger partial charge in [0.05, 0.1) is 12.3 Å². The van der Waals surface area contributed by atoms with E-state index >= 15 is 0 Å². The van der Waals surface area contributed by atoms with Gasteiger partial charge in [-0.2, -0.15) is 5.10 Å². The molecule has 1 amide bonds. The monoisotopic (exact) mass is 523 g/mol. The van der Waals surface area contributed by atoms with E-state index in [2.05, 4.69) is 22.5 Å². The summed E-state index contributed by atoms with van der Waals surface area (Å²) in [5.74, 6) is 1.18. The Morgan fingerprint density at radius 1 is 1.08 bits per heavy atom. The minimum absolute atomic E-state index is 0.0472. The molecule has 2 aromatic heterocycles. The van der Waals surface area contributed by atoms with Crippen LogP contribution in [-0.2, 0) is 20.1 Å². The van der Waals surface area contributed by atoms with Gasteiger partial charge in [0.1, 0.15) is 5.69 Å². The number of nitrogens with zero attached hydrogens (tertiary/aromatic N) is 4. The maximum absolute atomic E-state index is 13.6. The van der Waals surface area contributed by atoms with E-state index in [-0.39, 0.29) is 24.1 Å². The van der Waals surface area contributed by atoms with Crippen LogP contribution in [0.25, 0.3) is 11.1 Å². The number of rotatable bonds is 7. The van der Waals surface area contributed by atoms with Crippen LogP contribution in [0.2, 0.25) is 0 Å². The van der Waals surface area contributed by atoms with Crippen molar-refractivity contribution in [1.82, 2.24) is 14.3 Å². The van der Waals surface area contributed by atoms with Gasteiger partial charge in [-0.25, -0.2) is 0 Å². The first-order chi connectivity index (χ1) is 18.8. The van der Waals surface area contributed by atoms with Crippen molar-refractivity contribution in [3.63, 3.8) is 0 Å². The van der Waals surface area contributed by atoms with Crippen molar-refractivity contribution in [2.24, 2.45) is 7.05 Å². The number of aliphatic hydroxyl groups is 1. The molecule has 8 nitrogen and oxygen atoms in total. The molecule has 0 atom stereocenters. The molecular weight excluding hydrogens is 490 g/mol. The number of pyridine rings is 1. The number of fused-ring (bicyclic) bond motifs is 1. The van der Waals surface area contributed by atoms with Crippen molar-refractivity contribution >= 4 is 23.1 Å². The Hall–Kier alpha value is -4.17. The summed E-state index contributed by atoms with van der Waals surface area (Å²) in [6.07, 6.45) is 6.86. The van der Waals surface area contributed by atoms with Crippen LogP contribution in [0.15, 0.2) is 65.7 Å². The lowest BCUT2D eigenvalue weighted by molar-refractivity contribution is 0.0980. The molecule has 1 fully saturated rings. The minimum Gasteiger partial charge on any atom is -0.392 e. The highest BCUT2D eigenvalue weighted by molar-refractivity contribution is 6.09.